The number of ketones is 1. The number of carbonyl (C=O) groups excluding carboxylic acids is 2. The second-order valence-corrected chi connectivity index (χ2v) is 3.80. The highest BCUT2D eigenvalue weighted by Gasteiger charge is 2.26. The van der Waals surface area contributed by atoms with Crippen LogP contribution in [0.1, 0.15) is 26.2 Å². The molecule has 0 aromatic carbocycles. The third-order valence-electron chi connectivity index (χ3n) is 2.38. The topological polar surface area (TPSA) is 70.0 Å². The summed E-state index contributed by atoms with van der Waals surface area (Å²) in [5.74, 6) is -0.234. The number of nitrogens with zero attached hydrogens (tertiary/aromatic N) is 1. The molecule has 1 amide bonds. The van der Waals surface area contributed by atoms with Gasteiger partial charge in [-0.05, 0) is 25.0 Å². The monoisotopic (exact) mass is 218 g/mol. The molecule has 0 unspecified atom stereocenters. The van der Waals surface area contributed by atoms with E-state index in [2.05, 4.69) is 11.4 Å². The summed E-state index contributed by atoms with van der Waals surface area (Å²) < 4.78 is 0. The van der Waals surface area contributed by atoms with E-state index in [9.17, 15) is 9.59 Å². The molecule has 16 heavy (non-hydrogen) atoms. The minimum absolute atomic E-state index is 0.0822. The number of carbonyl (C=O) groups is 2. The van der Waals surface area contributed by atoms with Gasteiger partial charge in [-0.2, -0.15) is 5.26 Å². The molecule has 0 bridgehead atoms. The van der Waals surface area contributed by atoms with Crippen LogP contribution in [0.25, 0.3) is 0 Å². The molecule has 0 spiro atoms. The molecule has 4 heteroatoms. The number of amides is 1. The maximum Gasteiger partial charge on any atom is 0.217 e. The summed E-state index contributed by atoms with van der Waals surface area (Å²) >= 11 is 0. The lowest BCUT2D eigenvalue weighted by Gasteiger charge is -2.29. The molecule has 0 radical (unpaired) electrons. The highest BCUT2D eigenvalue weighted by molar-refractivity contribution is 6.00. The number of unbranched alkanes of at least 4 members (excludes halogenated alkanes) is 1. The molecular formula is C12H14N2O2. The van der Waals surface area contributed by atoms with Crippen molar-refractivity contribution in [3.63, 3.8) is 0 Å². The summed E-state index contributed by atoms with van der Waals surface area (Å²) in [5, 5.41) is 11.3. The van der Waals surface area contributed by atoms with Crippen molar-refractivity contribution in [2.45, 2.75) is 31.7 Å². The molecule has 0 saturated heterocycles. The smallest absolute Gasteiger partial charge is 0.217 e. The highest BCUT2D eigenvalue weighted by atomic mass is 16.1. The molecule has 1 N–H and O–H groups in total. The first-order valence-electron chi connectivity index (χ1n) is 5.16. The number of allylic oxidation sites excluding steroid dienone is 2. The second-order valence-electron chi connectivity index (χ2n) is 3.80. The SMILES string of the molecule is CC(=O)NC1(CCCC#N)C=CC(=O)C=C1. The quantitative estimate of drug-likeness (QED) is 0.722. The van der Waals surface area contributed by atoms with Gasteiger partial charge in [0.2, 0.25) is 5.91 Å². The molecule has 0 aliphatic heterocycles. The van der Waals surface area contributed by atoms with Gasteiger partial charge in [-0.3, -0.25) is 9.59 Å². The first-order valence-corrected chi connectivity index (χ1v) is 5.16. The van der Waals surface area contributed by atoms with Crippen molar-refractivity contribution in [2.75, 3.05) is 0 Å². The summed E-state index contributed by atoms with van der Waals surface area (Å²) in [6.07, 6.45) is 8.02. The second kappa shape index (κ2) is 5.26. The minimum Gasteiger partial charge on any atom is -0.344 e. The van der Waals surface area contributed by atoms with E-state index in [4.69, 9.17) is 5.26 Å². The van der Waals surface area contributed by atoms with E-state index in [0.717, 1.165) is 0 Å². The lowest BCUT2D eigenvalue weighted by molar-refractivity contribution is -0.120. The van der Waals surface area contributed by atoms with Crippen molar-refractivity contribution in [1.29, 1.82) is 5.26 Å². The summed E-state index contributed by atoms with van der Waals surface area (Å²) in [4.78, 5) is 22.1. The van der Waals surface area contributed by atoms with E-state index < -0.39 is 5.54 Å². The van der Waals surface area contributed by atoms with Gasteiger partial charge in [-0.25, -0.2) is 0 Å². The van der Waals surface area contributed by atoms with Crippen LogP contribution in [0, 0.1) is 11.3 Å². The Kier molecular flexibility index (Phi) is 4.01. The molecule has 0 atom stereocenters. The molecule has 84 valence electrons. The maximum absolute atomic E-state index is 11.1. The van der Waals surface area contributed by atoms with E-state index in [1.165, 1.54) is 19.1 Å². The number of hydrogen-bond donors (Lipinski definition) is 1. The predicted octanol–water partition coefficient (Wildman–Crippen LogP) is 1.25. The normalized spacial score (nSPS) is 16.9. The predicted molar refractivity (Wildman–Crippen MR) is 59.3 cm³/mol. The van der Waals surface area contributed by atoms with Gasteiger partial charge >= 0.3 is 0 Å². The van der Waals surface area contributed by atoms with Crippen LogP contribution in [0.2, 0.25) is 0 Å². The molecule has 1 aliphatic rings. The van der Waals surface area contributed by atoms with Gasteiger partial charge in [-0.1, -0.05) is 12.2 Å². The summed E-state index contributed by atoms with van der Waals surface area (Å²) in [7, 11) is 0. The number of rotatable bonds is 4. The van der Waals surface area contributed by atoms with Crippen LogP contribution in [0.3, 0.4) is 0 Å². The van der Waals surface area contributed by atoms with Gasteiger partial charge in [0, 0.05) is 13.3 Å². The number of nitriles is 1. The fourth-order valence-corrected chi connectivity index (χ4v) is 1.67. The van der Waals surface area contributed by atoms with Crippen LogP contribution >= 0.6 is 0 Å². The van der Waals surface area contributed by atoms with Gasteiger partial charge in [0.25, 0.3) is 0 Å². The van der Waals surface area contributed by atoms with E-state index >= 15 is 0 Å². The van der Waals surface area contributed by atoms with Gasteiger partial charge in [-0.15, -0.1) is 0 Å². The van der Waals surface area contributed by atoms with Crippen molar-refractivity contribution >= 4 is 11.7 Å². The standard InChI is InChI=1S/C12H14N2O2/c1-10(15)14-12(6-2-3-9-13)7-4-11(16)5-8-12/h4-5,7-8H,2-3,6H2,1H3,(H,14,15). The van der Waals surface area contributed by atoms with Gasteiger partial charge in [0.15, 0.2) is 5.78 Å². The summed E-state index contributed by atoms with van der Waals surface area (Å²) in [6.45, 7) is 1.43. The van der Waals surface area contributed by atoms with Crippen molar-refractivity contribution in [2.24, 2.45) is 0 Å². The Balaban J connectivity index is 2.74. The largest absolute Gasteiger partial charge is 0.344 e. The first kappa shape index (κ1) is 12.2. The Morgan fingerprint density at radius 1 is 1.50 bits per heavy atom. The molecule has 0 heterocycles. The molecular weight excluding hydrogens is 204 g/mol. The summed E-state index contributed by atoms with van der Waals surface area (Å²) in [5.41, 5.74) is -0.601. The number of hydrogen-bond acceptors (Lipinski definition) is 3. The average molecular weight is 218 g/mol. The average Bonchev–Trinajstić information content (AvgIpc) is 2.22. The van der Waals surface area contributed by atoms with Crippen molar-refractivity contribution in [3.05, 3.63) is 24.3 Å². The van der Waals surface area contributed by atoms with Crippen LogP contribution in [-0.2, 0) is 9.59 Å². The Morgan fingerprint density at radius 3 is 2.62 bits per heavy atom. The zero-order chi connectivity index (χ0) is 12.0. The van der Waals surface area contributed by atoms with Crippen molar-refractivity contribution < 1.29 is 9.59 Å². The zero-order valence-corrected chi connectivity index (χ0v) is 9.19. The fraction of sp³-hybridized carbons (Fsp3) is 0.417. The van der Waals surface area contributed by atoms with Gasteiger partial charge in [0.1, 0.15) is 0 Å². The van der Waals surface area contributed by atoms with Crippen molar-refractivity contribution in [3.8, 4) is 6.07 Å². The minimum atomic E-state index is -0.601. The van der Waals surface area contributed by atoms with Crippen LogP contribution in [-0.4, -0.2) is 17.2 Å². The Morgan fingerprint density at radius 2 is 2.12 bits per heavy atom. The third-order valence-corrected chi connectivity index (χ3v) is 2.38. The van der Waals surface area contributed by atoms with Gasteiger partial charge < -0.3 is 5.32 Å². The summed E-state index contributed by atoms with van der Waals surface area (Å²) in [6, 6.07) is 2.06. The molecule has 1 rings (SSSR count). The van der Waals surface area contributed by atoms with E-state index in [0.29, 0.717) is 19.3 Å². The molecule has 0 aromatic heterocycles. The maximum atomic E-state index is 11.1. The van der Waals surface area contributed by atoms with Crippen LogP contribution in [0.4, 0.5) is 0 Å². The Labute approximate surface area is 94.6 Å². The Hall–Kier alpha value is -1.89. The first-order chi connectivity index (χ1) is 7.58. The molecule has 0 fully saturated rings. The fourth-order valence-electron chi connectivity index (χ4n) is 1.67. The lowest BCUT2D eigenvalue weighted by Crippen LogP contribution is -2.45. The van der Waals surface area contributed by atoms with E-state index in [1.807, 2.05) is 0 Å². The molecule has 4 nitrogen and oxygen atoms in total. The highest BCUT2D eigenvalue weighted by Crippen LogP contribution is 2.21. The van der Waals surface area contributed by atoms with E-state index in [1.54, 1.807) is 12.2 Å². The zero-order valence-electron chi connectivity index (χ0n) is 9.19. The van der Waals surface area contributed by atoms with Crippen LogP contribution < -0.4 is 5.32 Å². The molecule has 1 aliphatic carbocycles. The van der Waals surface area contributed by atoms with Crippen LogP contribution in [0.5, 0.6) is 0 Å². The molecule has 0 aromatic rings. The third kappa shape index (κ3) is 3.35. The number of nitrogens with one attached hydrogen (secondary N) is 1. The lowest BCUT2D eigenvalue weighted by atomic mass is 9.88. The van der Waals surface area contributed by atoms with Gasteiger partial charge in [0.05, 0.1) is 11.6 Å². The Bertz CT molecular complexity index is 372. The van der Waals surface area contributed by atoms with Crippen LogP contribution in [0.15, 0.2) is 24.3 Å². The van der Waals surface area contributed by atoms with E-state index in [-0.39, 0.29) is 11.7 Å². The van der Waals surface area contributed by atoms with Crippen molar-refractivity contribution in [1.82, 2.24) is 5.32 Å². The molecule has 0 saturated carbocycles.